The summed E-state index contributed by atoms with van der Waals surface area (Å²) in [5, 5.41) is 2.26. The molecule has 2 heterocycles. The van der Waals surface area contributed by atoms with Gasteiger partial charge in [-0.2, -0.15) is 0 Å². The molecule has 7 aromatic carbocycles. The summed E-state index contributed by atoms with van der Waals surface area (Å²) in [5.41, 5.74) is 13.1. The number of allylic oxidation sites excluding steroid dienone is 2. The van der Waals surface area contributed by atoms with Gasteiger partial charge in [-0.25, -0.2) is 0 Å². The Morgan fingerprint density at radius 1 is 0.538 bits per heavy atom. The van der Waals surface area contributed by atoms with Gasteiger partial charge in [0.05, 0.1) is 22.8 Å². The van der Waals surface area contributed by atoms with Gasteiger partial charge in [0.2, 0.25) is 0 Å². The third kappa shape index (κ3) is 3.96. The molecule has 52 heavy (non-hydrogen) atoms. The molecule has 11 rings (SSSR count). The van der Waals surface area contributed by atoms with Crippen molar-refractivity contribution < 1.29 is 9.15 Å². The van der Waals surface area contributed by atoms with Crippen molar-refractivity contribution in [2.24, 2.45) is 0 Å². The Morgan fingerprint density at radius 3 is 2.02 bits per heavy atom. The maximum absolute atomic E-state index is 6.93. The number of furan rings is 1. The summed E-state index contributed by atoms with van der Waals surface area (Å²) in [6, 6.07) is 56.7. The van der Waals surface area contributed by atoms with Crippen molar-refractivity contribution in [3.63, 3.8) is 0 Å². The lowest BCUT2D eigenvalue weighted by atomic mass is 9.66. The van der Waals surface area contributed by atoms with Crippen LogP contribution in [0.25, 0.3) is 44.2 Å². The Bertz CT molecular complexity index is 2720. The van der Waals surface area contributed by atoms with Crippen LogP contribution in [0.4, 0.5) is 11.4 Å². The van der Waals surface area contributed by atoms with E-state index in [-0.39, 0.29) is 6.04 Å². The van der Waals surface area contributed by atoms with Gasteiger partial charge in [0.25, 0.3) is 0 Å². The van der Waals surface area contributed by atoms with Gasteiger partial charge in [-0.05, 0) is 64.6 Å². The largest absolute Gasteiger partial charge is 0.457 e. The van der Waals surface area contributed by atoms with Gasteiger partial charge in [0, 0.05) is 27.5 Å². The molecule has 3 nitrogen and oxygen atoms in total. The minimum absolute atomic E-state index is 0.0634. The van der Waals surface area contributed by atoms with E-state index < -0.39 is 5.41 Å². The molecular formula is C49H33NO2. The van der Waals surface area contributed by atoms with Crippen LogP contribution in [0.2, 0.25) is 0 Å². The van der Waals surface area contributed by atoms with Gasteiger partial charge >= 0.3 is 0 Å². The number of rotatable bonds is 4. The van der Waals surface area contributed by atoms with Crippen molar-refractivity contribution in [3.05, 3.63) is 204 Å². The summed E-state index contributed by atoms with van der Waals surface area (Å²) in [6.07, 6.45) is 9.80. The number of para-hydroxylation sites is 3. The highest BCUT2D eigenvalue weighted by molar-refractivity contribution is 6.16. The molecule has 0 bridgehead atoms. The van der Waals surface area contributed by atoms with Crippen molar-refractivity contribution in [2.75, 3.05) is 4.90 Å². The molecule has 1 atom stereocenters. The lowest BCUT2D eigenvalue weighted by molar-refractivity contribution is 0.436. The molecule has 1 aromatic heterocycles. The Balaban J connectivity index is 1.24. The summed E-state index contributed by atoms with van der Waals surface area (Å²) >= 11 is 0. The van der Waals surface area contributed by atoms with E-state index in [9.17, 15) is 0 Å². The zero-order chi connectivity index (χ0) is 34.2. The van der Waals surface area contributed by atoms with E-state index in [4.69, 9.17) is 9.15 Å². The molecule has 0 fully saturated rings. The average molecular weight is 668 g/mol. The molecule has 0 N–H and O–H groups in total. The minimum atomic E-state index is -0.548. The van der Waals surface area contributed by atoms with Gasteiger partial charge in [0.15, 0.2) is 5.58 Å². The van der Waals surface area contributed by atoms with Crippen LogP contribution in [0.3, 0.4) is 0 Å². The highest BCUT2D eigenvalue weighted by atomic mass is 16.5. The molecule has 246 valence electrons. The molecule has 1 aliphatic heterocycles. The zero-order valence-electron chi connectivity index (χ0n) is 28.4. The second kappa shape index (κ2) is 11.2. The predicted molar refractivity (Wildman–Crippen MR) is 212 cm³/mol. The second-order valence-electron chi connectivity index (χ2n) is 13.9. The summed E-state index contributed by atoms with van der Waals surface area (Å²) in [4.78, 5) is 2.53. The normalized spacial score (nSPS) is 16.0. The lowest BCUT2D eigenvalue weighted by Crippen LogP contribution is -2.33. The third-order valence-electron chi connectivity index (χ3n) is 11.2. The van der Waals surface area contributed by atoms with Crippen molar-refractivity contribution in [2.45, 2.75) is 17.9 Å². The maximum atomic E-state index is 6.93. The molecule has 1 unspecified atom stereocenters. The molecule has 0 saturated heterocycles. The number of anilines is 2. The predicted octanol–water partition coefficient (Wildman–Crippen LogP) is 12.7. The van der Waals surface area contributed by atoms with E-state index in [2.05, 4.69) is 187 Å². The van der Waals surface area contributed by atoms with E-state index in [1.807, 2.05) is 0 Å². The minimum Gasteiger partial charge on any atom is -0.457 e. The van der Waals surface area contributed by atoms with Crippen LogP contribution in [0.5, 0.6) is 11.5 Å². The quantitative estimate of drug-likeness (QED) is 0.187. The number of benzene rings is 7. The van der Waals surface area contributed by atoms with Crippen LogP contribution in [-0.4, -0.2) is 6.04 Å². The van der Waals surface area contributed by atoms with Gasteiger partial charge in [-0.1, -0.05) is 152 Å². The second-order valence-corrected chi connectivity index (χ2v) is 13.9. The number of hydrogen-bond acceptors (Lipinski definition) is 3. The summed E-state index contributed by atoms with van der Waals surface area (Å²) in [5.74, 6) is 1.79. The summed E-state index contributed by atoms with van der Waals surface area (Å²) in [7, 11) is 0. The SMILES string of the molecule is C1=CCC(N(c2cccc3c2-c2ccccc2C32c3ccccc3Oc3ccccc32)c2ccc(-c3ccccc3)c3c2oc2ccccc23)C=C1. The number of ether oxygens (including phenoxy) is 1. The van der Waals surface area contributed by atoms with Crippen molar-refractivity contribution in [1.29, 1.82) is 0 Å². The average Bonchev–Trinajstić information content (AvgIpc) is 3.74. The first kappa shape index (κ1) is 29.2. The van der Waals surface area contributed by atoms with Crippen LogP contribution in [0.1, 0.15) is 28.7 Å². The molecule has 3 heteroatoms. The summed E-state index contributed by atoms with van der Waals surface area (Å²) < 4.78 is 13.6. The summed E-state index contributed by atoms with van der Waals surface area (Å²) in [6.45, 7) is 0. The van der Waals surface area contributed by atoms with Gasteiger partial charge < -0.3 is 14.1 Å². The highest BCUT2D eigenvalue weighted by Crippen LogP contribution is 2.64. The zero-order valence-corrected chi connectivity index (χ0v) is 28.4. The molecular weight excluding hydrogens is 635 g/mol. The van der Waals surface area contributed by atoms with Crippen LogP contribution in [-0.2, 0) is 5.41 Å². The first-order valence-corrected chi connectivity index (χ1v) is 18.0. The van der Waals surface area contributed by atoms with Crippen LogP contribution >= 0.6 is 0 Å². The molecule has 8 aromatic rings. The Morgan fingerprint density at radius 2 is 1.23 bits per heavy atom. The van der Waals surface area contributed by atoms with E-state index in [0.717, 1.165) is 62.4 Å². The van der Waals surface area contributed by atoms with Gasteiger partial charge in [-0.3, -0.25) is 0 Å². The Hall–Kier alpha value is -6.58. The fraction of sp³-hybridized carbons (Fsp3) is 0.0612. The lowest BCUT2D eigenvalue weighted by Gasteiger charge is -2.39. The van der Waals surface area contributed by atoms with E-state index >= 15 is 0 Å². The fourth-order valence-electron chi connectivity index (χ4n) is 9.19. The van der Waals surface area contributed by atoms with Crippen molar-refractivity contribution in [1.82, 2.24) is 0 Å². The van der Waals surface area contributed by atoms with Crippen LogP contribution in [0.15, 0.2) is 186 Å². The molecule has 0 saturated carbocycles. The van der Waals surface area contributed by atoms with Crippen molar-refractivity contribution >= 4 is 33.3 Å². The maximum Gasteiger partial charge on any atom is 0.159 e. The van der Waals surface area contributed by atoms with Crippen LogP contribution < -0.4 is 9.64 Å². The molecule has 3 aliphatic rings. The molecule has 0 amide bonds. The Labute approximate surface area is 302 Å². The standard InChI is InChI=1S/C49H33NO2/c1-3-16-32(17-4-1)34-30-31-42(48-46(34)36-21-8-12-27-43(36)52-48)50(33-18-5-2-6-19-33)41-26-15-25-40-47(41)35-20-7-9-22-37(35)49(40)38-23-10-13-28-44(38)51-45-29-14-11-24-39(45)49/h1-18,20-31,33H,19H2. The first-order chi connectivity index (χ1) is 25.8. The van der Waals surface area contributed by atoms with Crippen LogP contribution in [0, 0.1) is 0 Å². The molecule has 1 spiro atoms. The van der Waals surface area contributed by atoms with Gasteiger partial charge in [-0.15, -0.1) is 0 Å². The molecule has 0 radical (unpaired) electrons. The van der Waals surface area contributed by atoms with Gasteiger partial charge in [0.1, 0.15) is 17.1 Å². The van der Waals surface area contributed by atoms with E-state index in [0.29, 0.717) is 0 Å². The van der Waals surface area contributed by atoms with Crippen molar-refractivity contribution in [3.8, 4) is 33.8 Å². The van der Waals surface area contributed by atoms with E-state index in [1.165, 1.54) is 33.4 Å². The fourth-order valence-corrected chi connectivity index (χ4v) is 9.19. The topological polar surface area (TPSA) is 25.6 Å². The molecule has 2 aliphatic carbocycles. The monoisotopic (exact) mass is 667 g/mol. The number of fused-ring (bicyclic) bond motifs is 12. The smallest absolute Gasteiger partial charge is 0.159 e. The number of hydrogen-bond donors (Lipinski definition) is 0. The third-order valence-corrected chi connectivity index (χ3v) is 11.2. The Kier molecular flexibility index (Phi) is 6.29. The highest BCUT2D eigenvalue weighted by Gasteiger charge is 2.52. The van der Waals surface area contributed by atoms with E-state index in [1.54, 1.807) is 0 Å². The number of nitrogens with zero attached hydrogens (tertiary/aromatic N) is 1. The first-order valence-electron chi connectivity index (χ1n) is 18.0.